The van der Waals surface area contributed by atoms with Crippen LogP contribution in [0.1, 0.15) is 38.9 Å². The van der Waals surface area contributed by atoms with Gasteiger partial charge in [0.15, 0.2) is 0 Å². The average Bonchev–Trinajstić information content (AvgIpc) is 3.68. The van der Waals surface area contributed by atoms with Gasteiger partial charge in [0.25, 0.3) is 0 Å². The molecule has 0 fully saturated rings. The number of amidine groups is 1. The van der Waals surface area contributed by atoms with Crippen molar-refractivity contribution in [3.05, 3.63) is 282 Å². The molecule has 0 unspecified atom stereocenters. The molecule has 0 aliphatic heterocycles. The van der Waals surface area contributed by atoms with Crippen molar-refractivity contribution in [1.82, 2.24) is 0 Å². The highest BCUT2D eigenvalue weighted by atomic mass is 14.9. The molecule has 0 saturated heterocycles. The fourth-order valence-corrected chi connectivity index (χ4v) is 10.0. The minimum Gasteiger partial charge on any atom is -0.383 e. The Morgan fingerprint density at radius 1 is 0.429 bits per heavy atom. The lowest BCUT2D eigenvalue weighted by Gasteiger charge is -2.36. The van der Waals surface area contributed by atoms with Crippen LogP contribution in [0, 0.1) is 0 Å². The lowest BCUT2D eigenvalue weighted by molar-refractivity contribution is 0.777. The molecular formula is C61H44N2. The summed E-state index contributed by atoms with van der Waals surface area (Å²) in [6.45, 7) is 0. The minimum absolute atomic E-state index is 0.481. The molecule has 0 spiro atoms. The van der Waals surface area contributed by atoms with Gasteiger partial charge in [-0.15, -0.1) is 0 Å². The molecule has 0 radical (unpaired) electrons. The molecule has 2 N–H and O–H groups in total. The van der Waals surface area contributed by atoms with Crippen LogP contribution in [0.15, 0.2) is 248 Å². The lowest BCUT2D eigenvalue weighted by atomic mass is 9.65. The molecule has 63 heavy (non-hydrogen) atoms. The molecule has 0 aromatic heterocycles. The molecule has 298 valence electrons. The summed E-state index contributed by atoms with van der Waals surface area (Å²) in [4.78, 5) is 5.24. The second-order valence-electron chi connectivity index (χ2n) is 16.3. The Labute approximate surface area is 369 Å². The first-order valence-corrected chi connectivity index (χ1v) is 21.7. The first kappa shape index (κ1) is 37.9. The molecule has 0 saturated carbocycles. The van der Waals surface area contributed by atoms with E-state index in [1.807, 2.05) is 30.3 Å². The Morgan fingerprint density at radius 3 is 1.68 bits per heavy atom. The normalized spacial score (nSPS) is 13.2. The fraction of sp³-hybridized carbons (Fsp3) is 0.0328. The number of benzene rings is 10. The third-order valence-electron chi connectivity index (χ3n) is 12.8. The van der Waals surface area contributed by atoms with Crippen LogP contribution in [0.5, 0.6) is 0 Å². The van der Waals surface area contributed by atoms with Gasteiger partial charge in [0.2, 0.25) is 0 Å². The zero-order chi connectivity index (χ0) is 42.2. The van der Waals surface area contributed by atoms with Crippen LogP contribution in [0.4, 0.5) is 0 Å². The van der Waals surface area contributed by atoms with Crippen molar-refractivity contribution in [3.63, 3.8) is 0 Å². The number of nitrogens with zero attached hydrogens (tertiary/aromatic N) is 1. The van der Waals surface area contributed by atoms with Crippen LogP contribution < -0.4 is 5.73 Å². The maximum absolute atomic E-state index is 6.86. The van der Waals surface area contributed by atoms with Crippen molar-refractivity contribution in [2.75, 3.05) is 0 Å². The van der Waals surface area contributed by atoms with Crippen LogP contribution in [-0.4, -0.2) is 5.84 Å². The van der Waals surface area contributed by atoms with Gasteiger partial charge in [0, 0.05) is 11.1 Å². The van der Waals surface area contributed by atoms with E-state index in [1.165, 1.54) is 72.0 Å². The minimum atomic E-state index is -0.599. The smallest absolute Gasteiger partial charge is 0.131 e. The molecule has 11 rings (SSSR count). The molecule has 0 bridgehead atoms. The van der Waals surface area contributed by atoms with Crippen molar-refractivity contribution in [2.24, 2.45) is 10.7 Å². The van der Waals surface area contributed by atoms with Gasteiger partial charge in [-0.05, 0) is 89.2 Å². The molecule has 10 aromatic rings. The number of hydrogen-bond acceptors (Lipinski definition) is 1. The summed E-state index contributed by atoms with van der Waals surface area (Å²) < 4.78 is 0. The molecular weight excluding hydrogens is 761 g/mol. The van der Waals surface area contributed by atoms with E-state index in [1.54, 1.807) is 0 Å². The van der Waals surface area contributed by atoms with Crippen LogP contribution >= 0.6 is 0 Å². The summed E-state index contributed by atoms with van der Waals surface area (Å²) in [5.41, 5.74) is 22.6. The van der Waals surface area contributed by atoms with Crippen molar-refractivity contribution < 1.29 is 0 Å². The number of hydrogen-bond donors (Lipinski definition) is 1. The fourth-order valence-electron chi connectivity index (χ4n) is 10.0. The maximum atomic E-state index is 6.86. The number of nitrogens with two attached hydrogens (primary N) is 1. The Kier molecular flexibility index (Phi) is 9.67. The monoisotopic (exact) mass is 804 g/mol. The quantitative estimate of drug-likeness (QED) is 0.115. The zero-order valence-electron chi connectivity index (χ0n) is 34.8. The van der Waals surface area contributed by atoms with E-state index in [0.29, 0.717) is 12.3 Å². The third kappa shape index (κ3) is 6.56. The second-order valence-corrected chi connectivity index (χ2v) is 16.3. The van der Waals surface area contributed by atoms with E-state index in [2.05, 4.69) is 212 Å². The van der Waals surface area contributed by atoms with E-state index < -0.39 is 5.41 Å². The Bertz CT molecular complexity index is 3310. The van der Waals surface area contributed by atoms with Gasteiger partial charge < -0.3 is 5.73 Å². The highest BCUT2D eigenvalue weighted by Gasteiger charge is 2.48. The predicted octanol–water partition coefficient (Wildman–Crippen LogP) is 14.7. The van der Waals surface area contributed by atoms with Gasteiger partial charge in [0.1, 0.15) is 5.84 Å². The summed E-state index contributed by atoms with van der Waals surface area (Å²) in [7, 11) is 0. The van der Waals surface area contributed by atoms with Crippen LogP contribution in [0.25, 0.3) is 60.6 Å². The SMILES string of the molecule is NC(=N/C(=C\Cc1cccc(-c2ccccc2)c1)c1ccc(-c2cccc3c2C(c2ccccc2)(c2ccccc2)c2c-3ccc3ccccc23)c2ccccc12)c1ccccc1. The summed E-state index contributed by atoms with van der Waals surface area (Å²) >= 11 is 0. The van der Waals surface area contributed by atoms with E-state index in [9.17, 15) is 0 Å². The molecule has 0 amide bonds. The van der Waals surface area contributed by atoms with Gasteiger partial charge in [-0.25, -0.2) is 4.99 Å². The maximum Gasteiger partial charge on any atom is 0.131 e. The summed E-state index contributed by atoms with van der Waals surface area (Å²) in [5, 5.41) is 4.78. The molecule has 0 heterocycles. The summed E-state index contributed by atoms with van der Waals surface area (Å²) in [6, 6.07) is 85.4. The lowest BCUT2D eigenvalue weighted by Crippen LogP contribution is -2.29. The molecule has 2 nitrogen and oxygen atoms in total. The van der Waals surface area contributed by atoms with Gasteiger partial charge in [0.05, 0.1) is 11.1 Å². The second kappa shape index (κ2) is 16.1. The largest absolute Gasteiger partial charge is 0.383 e. The molecule has 0 atom stereocenters. The van der Waals surface area contributed by atoms with Crippen molar-refractivity contribution in [1.29, 1.82) is 0 Å². The predicted molar refractivity (Wildman–Crippen MR) is 265 cm³/mol. The Hall–Kier alpha value is -8.07. The first-order valence-electron chi connectivity index (χ1n) is 21.7. The van der Waals surface area contributed by atoms with E-state index in [0.717, 1.165) is 27.6 Å². The number of fused-ring (bicyclic) bond motifs is 6. The van der Waals surface area contributed by atoms with Gasteiger partial charge in [-0.1, -0.05) is 243 Å². The van der Waals surface area contributed by atoms with Crippen molar-refractivity contribution in [2.45, 2.75) is 11.8 Å². The van der Waals surface area contributed by atoms with E-state index >= 15 is 0 Å². The Balaban J connectivity index is 1.14. The van der Waals surface area contributed by atoms with Gasteiger partial charge in [-0.2, -0.15) is 0 Å². The van der Waals surface area contributed by atoms with Crippen molar-refractivity contribution >= 4 is 33.1 Å². The molecule has 2 heteroatoms. The number of aliphatic imine (C=N–C) groups is 1. The number of rotatable bonds is 9. The molecule has 1 aliphatic carbocycles. The Morgan fingerprint density at radius 2 is 0.968 bits per heavy atom. The number of allylic oxidation sites excluding steroid dienone is 1. The highest BCUT2D eigenvalue weighted by molar-refractivity contribution is 6.09. The molecule has 10 aromatic carbocycles. The van der Waals surface area contributed by atoms with Crippen LogP contribution in [0.2, 0.25) is 0 Å². The van der Waals surface area contributed by atoms with E-state index in [4.69, 9.17) is 10.7 Å². The average molecular weight is 805 g/mol. The molecule has 1 aliphatic rings. The standard InChI is InChI=1S/C61H44N2/c62-60(45-23-7-2-8-24-45)63-57(40-35-42-19-17-25-46(41-42)43-20-5-1-6-21-43)53-39-38-52(50-31-15-16-32-51(50)53)54-33-18-34-55-56-37-36-44-22-13-14-30-49(44)58(56)61(59(54)55,47-26-9-3-10-27-47)48-28-11-4-12-29-48/h1-34,36-41H,35H2,(H2,62,63)/b57-40-. The van der Waals surface area contributed by atoms with Gasteiger partial charge >= 0.3 is 0 Å². The summed E-state index contributed by atoms with van der Waals surface area (Å²) in [5.74, 6) is 0.481. The van der Waals surface area contributed by atoms with E-state index in [-0.39, 0.29) is 0 Å². The topological polar surface area (TPSA) is 38.4 Å². The van der Waals surface area contributed by atoms with Crippen molar-refractivity contribution in [3.8, 4) is 33.4 Å². The van der Waals surface area contributed by atoms with Gasteiger partial charge in [-0.3, -0.25) is 0 Å². The zero-order valence-corrected chi connectivity index (χ0v) is 34.8. The van der Waals surface area contributed by atoms with Crippen LogP contribution in [0.3, 0.4) is 0 Å². The third-order valence-corrected chi connectivity index (χ3v) is 12.8. The van der Waals surface area contributed by atoms with Crippen LogP contribution in [-0.2, 0) is 11.8 Å². The summed E-state index contributed by atoms with van der Waals surface area (Å²) in [6.07, 6.45) is 2.92. The first-order chi connectivity index (χ1) is 31.2. The highest BCUT2D eigenvalue weighted by Crippen LogP contribution is 2.60.